The predicted molar refractivity (Wildman–Crippen MR) is 136 cm³/mol. The van der Waals surface area contributed by atoms with Gasteiger partial charge in [-0.3, -0.25) is 9.48 Å². The van der Waals surface area contributed by atoms with Gasteiger partial charge in [0, 0.05) is 36.7 Å². The monoisotopic (exact) mass is 486 g/mol. The summed E-state index contributed by atoms with van der Waals surface area (Å²) in [5.41, 5.74) is 3.96. The zero-order chi connectivity index (χ0) is 24.3. The molecule has 8 heteroatoms. The molecule has 1 fully saturated rings. The SMILES string of the molecule is O=C(Nc1ccc(S(=O)(=O)N2CCCC2)cc1)c1ccccc1-c1ccc(Cn2cccn2)cc1. The first-order valence-corrected chi connectivity index (χ1v) is 13.0. The first-order chi connectivity index (χ1) is 17.0. The van der Waals surface area contributed by atoms with Crippen LogP contribution >= 0.6 is 0 Å². The van der Waals surface area contributed by atoms with Crippen molar-refractivity contribution in [3.8, 4) is 11.1 Å². The van der Waals surface area contributed by atoms with Crippen LogP contribution in [0.3, 0.4) is 0 Å². The number of hydrogen-bond acceptors (Lipinski definition) is 4. The summed E-state index contributed by atoms with van der Waals surface area (Å²) in [5, 5.41) is 7.13. The van der Waals surface area contributed by atoms with E-state index in [0.717, 1.165) is 29.5 Å². The van der Waals surface area contributed by atoms with E-state index in [1.807, 2.05) is 59.4 Å². The highest BCUT2D eigenvalue weighted by atomic mass is 32.2. The molecular formula is C27H26N4O3S. The molecule has 0 aliphatic carbocycles. The molecule has 0 radical (unpaired) electrons. The number of rotatable bonds is 7. The zero-order valence-electron chi connectivity index (χ0n) is 19.2. The van der Waals surface area contributed by atoms with E-state index in [0.29, 0.717) is 30.9 Å². The van der Waals surface area contributed by atoms with Crippen molar-refractivity contribution in [2.45, 2.75) is 24.3 Å². The van der Waals surface area contributed by atoms with Gasteiger partial charge in [-0.05, 0) is 65.9 Å². The molecule has 0 bridgehead atoms. The number of carbonyl (C=O) groups is 1. The van der Waals surface area contributed by atoms with Crippen molar-refractivity contribution >= 4 is 21.6 Å². The van der Waals surface area contributed by atoms with Gasteiger partial charge in [-0.2, -0.15) is 9.40 Å². The van der Waals surface area contributed by atoms with E-state index < -0.39 is 10.0 Å². The van der Waals surface area contributed by atoms with Crippen molar-refractivity contribution in [2.24, 2.45) is 0 Å². The van der Waals surface area contributed by atoms with Crippen LogP contribution in [0.25, 0.3) is 11.1 Å². The number of aromatic nitrogens is 2. The van der Waals surface area contributed by atoms with Crippen molar-refractivity contribution in [1.29, 1.82) is 0 Å². The van der Waals surface area contributed by atoms with Crippen LogP contribution in [0.15, 0.2) is 96.2 Å². The van der Waals surface area contributed by atoms with Gasteiger partial charge < -0.3 is 5.32 Å². The Bertz CT molecular complexity index is 1410. The Labute approximate surface area is 205 Å². The Morgan fingerprint density at radius 2 is 1.60 bits per heavy atom. The summed E-state index contributed by atoms with van der Waals surface area (Å²) < 4.78 is 28.8. The van der Waals surface area contributed by atoms with E-state index in [-0.39, 0.29) is 10.8 Å². The summed E-state index contributed by atoms with van der Waals surface area (Å²) in [6.45, 7) is 1.79. The summed E-state index contributed by atoms with van der Waals surface area (Å²) in [6.07, 6.45) is 5.45. The topological polar surface area (TPSA) is 84.3 Å². The van der Waals surface area contributed by atoms with Gasteiger partial charge in [0.05, 0.1) is 11.4 Å². The molecule has 0 unspecified atom stereocenters. The van der Waals surface area contributed by atoms with Gasteiger partial charge in [0.15, 0.2) is 0 Å². The third-order valence-electron chi connectivity index (χ3n) is 6.16. The molecular weight excluding hydrogens is 460 g/mol. The van der Waals surface area contributed by atoms with E-state index in [2.05, 4.69) is 10.4 Å². The van der Waals surface area contributed by atoms with Gasteiger partial charge in [0.2, 0.25) is 10.0 Å². The summed E-state index contributed by atoms with van der Waals surface area (Å²) in [4.78, 5) is 13.4. The Kier molecular flexibility index (Phi) is 6.48. The van der Waals surface area contributed by atoms with Crippen LogP contribution in [-0.2, 0) is 16.6 Å². The van der Waals surface area contributed by atoms with Crippen molar-refractivity contribution < 1.29 is 13.2 Å². The van der Waals surface area contributed by atoms with Gasteiger partial charge in [-0.15, -0.1) is 0 Å². The second-order valence-corrected chi connectivity index (χ2v) is 10.5. The fraction of sp³-hybridized carbons (Fsp3) is 0.185. The average molecular weight is 487 g/mol. The van der Waals surface area contributed by atoms with Crippen LogP contribution < -0.4 is 5.32 Å². The molecule has 35 heavy (non-hydrogen) atoms. The van der Waals surface area contributed by atoms with Gasteiger partial charge >= 0.3 is 0 Å². The molecule has 1 aliphatic heterocycles. The van der Waals surface area contributed by atoms with E-state index in [4.69, 9.17) is 0 Å². The molecule has 3 aromatic carbocycles. The average Bonchev–Trinajstić information content (AvgIpc) is 3.60. The quantitative estimate of drug-likeness (QED) is 0.413. The maximum absolute atomic E-state index is 13.1. The lowest BCUT2D eigenvalue weighted by atomic mass is 9.98. The van der Waals surface area contributed by atoms with Crippen LogP contribution in [0, 0.1) is 0 Å². The maximum Gasteiger partial charge on any atom is 0.256 e. The summed E-state index contributed by atoms with van der Waals surface area (Å²) in [6, 6.07) is 23.8. The molecule has 178 valence electrons. The third-order valence-corrected chi connectivity index (χ3v) is 8.07. The Hall–Kier alpha value is -3.75. The minimum atomic E-state index is -3.48. The molecule has 5 rings (SSSR count). The van der Waals surface area contributed by atoms with E-state index in [1.165, 1.54) is 4.31 Å². The summed E-state index contributed by atoms with van der Waals surface area (Å²) in [7, 11) is -3.48. The molecule has 1 aliphatic rings. The molecule has 0 atom stereocenters. The first-order valence-electron chi connectivity index (χ1n) is 11.6. The highest BCUT2D eigenvalue weighted by Crippen LogP contribution is 2.26. The predicted octanol–water partition coefficient (Wildman–Crippen LogP) is 4.64. The molecule has 1 amide bonds. The number of benzene rings is 3. The second-order valence-electron chi connectivity index (χ2n) is 8.54. The Balaban J connectivity index is 1.32. The first kappa shape index (κ1) is 23.0. The van der Waals surface area contributed by atoms with Crippen molar-refractivity contribution in [3.63, 3.8) is 0 Å². The van der Waals surface area contributed by atoms with Gasteiger partial charge in [0.25, 0.3) is 5.91 Å². The van der Waals surface area contributed by atoms with Crippen LogP contribution in [0.1, 0.15) is 28.8 Å². The number of nitrogens with zero attached hydrogens (tertiary/aromatic N) is 3. The van der Waals surface area contributed by atoms with Crippen molar-refractivity contribution in [2.75, 3.05) is 18.4 Å². The highest BCUT2D eigenvalue weighted by molar-refractivity contribution is 7.89. The molecule has 2 heterocycles. The lowest BCUT2D eigenvalue weighted by Crippen LogP contribution is -2.27. The lowest BCUT2D eigenvalue weighted by Gasteiger charge is -2.16. The minimum absolute atomic E-state index is 0.244. The highest BCUT2D eigenvalue weighted by Gasteiger charge is 2.27. The van der Waals surface area contributed by atoms with Crippen LogP contribution in [-0.4, -0.2) is 41.5 Å². The summed E-state index contributed by atoms with van der Waals surface area (Å²) >= 11 is 0. The second kappa shape index (κ2) is 9.85. The number of hydrogen-bond donors (Lipinski definition) is 1. The number of anilines is 1. The largest absolute Gasteiger partial charge is 0.322 e. The van der Waals surface area contributed by atoms with Crippen LogP contribution in [0.5, 0.6) is 0 Å². The van der Waals surface area contributed by atoms with Crippen LogP contribution in [0.4, 0.5) is 5.69 Å². The van der Waals surface area contributed by atoms with Gasteiger partial charge in [-0.1, -0.05) is 42.5 Å². The fourth-order valence-electron chi connectivity index (χ4n) is 4.29. The number of carbonyl (C=O) groups excluding carboxylic acids is 1. The smallest absolute Gasteiger partial charge is 0.256 e. The van der Waals surface area contributed by atoms with Gasteiger partial charge in [-0.25, -0.2) is 8.42 Å². The lowest BCUT2D eigenvalue weighted by molar-refractivity contribution is 0.102. The van der Waals surface area contributed by atoms with E-state index in [1.54, 1.807) is 36.5 Å². The standard InChI is InChI=1S/C27H26N4O3S/c32-27(29-23-12-14-24(15-13-23)35(33,34)31-18-3-4-19-31)26-7-2-1-6-25(26)22-10-8-21(9-11-22)20-30-17-5-16-28-30/h1-2,5-17H,3-4,18-20H2,(H,29,32). The molecule has 7 nitrogen and oxygen atoms in total. The third kappa shape index (κ3) is 5.03. The van der Waals surface area contributed by atoms with Gasteiger partial charge in [0.1, 0.15) is 0 Å². The van der Waals surface area contributed by atoms with E-state index in [9.17, 15) is 13.2 Å². The zero-order valence-corrected chi connectivity index (χ0v) is 20.0. The molecule has 4 aromatic rings. The molecule has 0 saturated carbocycles. The normalized spacial score (nSPS) is 14.2. The minimum Gasteiger partial charge on any atom is -0.322 e. The fourth-order valence-corrected chi connectivity index (χ4v) is 5.81. The number of nitrogens with one attached hydrogen (secondary N) is 1. The van der Waals surface area contributed by atoms with Crippen molar-refractivity contribution in [3.05, 3.63) is 102 Å². The van der Waals surface area contributed by atoms with Crippen LogP contribution in [0.2, 0.25) is 0 Å². The van der Waals surface area contributed by atoms with E-state index >= 15 is 0 Å². The molecule has 1 N–H and O–H groups in total. The Morgan fingerprint density at radius 3 is 2.29 bits per heavy atom. The maximum atomic E-state index is 13.1. The molecule has 0 spiro atoms. The number of amides is 1. The Morgan fingerprint density at radius 1 is 0.886 bits per heavy atom. The molecule has 1 aromatic heterocycles. The number of sulfonamides is 1. The van der Waals surface area contributed by atoms with Crippen molar-refractivity contribution in [1.82, 2.24) is 14.1 Å². The molecule has 1 saturated heterocycles. The summed E-state index contributed by atoms with van der Waals surface area (Å²) in [5.74, 6) is -0.253.